The Morgan fingerprint density at radius 1 is 1.41 bits per heavy atom. The van der Waals surface area contributed by atoms with Crippen molar-refractivity contribution >= 4 is 0 Å². The third kappa shape index (κ3) is 2.12. The molecule has 0 bridgehead atoms. The Morgan fingerprint density at radius 2 is 2.12 bits per heavy atom. The van der Waals surface area contributed by atoms with Crippen LogP contribution in [0, 0.1) is 0 Å². The zero-order chi connectivity index (χ0) is 12.5. The molecule has 0 aliphatic heterocycles. The van der Waals surface area contributed by atoms with Gasteiger partial charge in [0.2, 0.25) is 0 Å². The van der Waals surface area contributed by atoms with Gasteiger partial charge in [0, 0.05) is 23.1 Å². The monoisotopic (exact) mass is 235 g/mol. The zero-order valence-corrected chi connectivity index (χ0v) is 10.8. The molecule has 1 atom stereocenters. The van der Waals surface area contributed by atoms with Crippen LogP contribution >= 0.6 is 0 Å². The molecule has 0 spiro atoms. The molecule has 0 amide bonds. The summed E-state index contributed by atoms with van der Waals surface area (Å²) in [6, 6.07) is 6.21. The van der Waals surface area contributed by atoms with Gasteiger partial charge in [-0.15, -0.1) is 0 Å². The van der Waals surface area contributed by atoms with Crippen molar-refractivity contribution in [2.75, 3.05) is 13.7 Å². The number of methoxy groups -OCH3 is 1. The molecule has 0 aromatic heterocycles. The van der Waals surface area contributed by atoms with Gasteiger partial charge in [0.25, 0.3) is 0 Å². The van der Waals surface area contributed by atoms with Crippen LogP contribution in [0.25, 0.3) is 0 Å². The molecule has 2 rings (SSSR count). The molecule has 2 N–H and O–H groups in total. The predicted molar refractivity (Wildman–Crippen MR) is 68.7 cm³/mol. The number of ether oxygens (including phenoxy) is 2. The maximum atomic E-state index is 6.11. The second kappa shape index (κ2) is 4.57. The van der Waals surface area contributed by atoms with E-state index in [-0.39, 0.29) is 11.5 Å². The SMILES string of the molecule is CCOc1cc(OC)ccc1C1(C(C)N)CC1. The average molecular weight is 235 g/mol. The van der Waals surface area contributed by atoms with Crippen molar-refractivity contribution in [3.05, 3.63) is 23.8 Å². The highest BCUT2D eigenvalue weighted by atomic mass is 16.5. The van der Waals surface area contributed by atoms with E-state index in [4.69, 9.17) is 15.2 Å². The van der Waals surface area contributed by atoms with E-state index in [1.807, 2.05) is 19.1 Å². The highest BCUT2D eigenvalue weighted by molar-refractivity contribution is 5.48. The van der Waals surface area contributed by atoms with Gasteiger partial charge in [-0.05, 0) is 32.8 Å². The van der Waals surface area contributed by atoms with Crippen LogP contribution in [0.1, 0.15) is 32.3 Å². The summed E-state index contributed by atoms with van der Waals surface area (Å²) in [5, 5.41) is 0. The van der Waals surface area contributed by atoms with Crippen molar-refractivity contribution in [2.24, 2.45) is 5.73 Å². The Kier molecular flexibility index (Phi) is 3.29. The summed E-state index contributed by atoms with van der Waals surface area (Å²) in [6.45, 7) is 4.73. The third-order valence-corrected chi connectivity index (χ3v) is 3.69. The predicted octanol–water partition coefficient (Wildman–Crippen LogP) is 2.47. The molecule has 1 saturated carbocycles. The molecule has 1 fully saturated rings. The largest absolute Gasteiger partial charge is 0.497 e. The first kappa shape index (κ1) is 12.2. The molecular weight excluding hydrogens is 214 g/mol. The Bertz CT molecular complexity index is 397. The van der Waals surface area contributed by atoms with Gasteiger partial charge in [-0.25, -0.2) is 0 Å². The van der Waals surface area contributed by atoms with Gasteiger partial charge >= 0.3 is 0 Å². The Labute approximate surface area is 103 Å². The summed E-state index contributed by atoms with van der Waals surface area (Å²) in [5.74, 6) is 1.75. The van der Waals surface area contributed by atoms with Crippen LogP contribution in [0.15, 0.2) is 18.2 Å². The lowest BCUT2D eigenvalue weighted by Gasteiger charge is -2.23. The highest BCUT2D eigenvalue weighted by Crippen LogP contribution is 2.53. The minimum Gasteiger partial charge on any atom is -0.497 e. The van der Waals surface area contributed by atoms with Gasteiger partial charge in [-0.3, -0.25) is 0 Å². The normalized spacial score (nSPS) is 18.6. The van der Waals surface area contributed by atoms with Crippen LogP contribution in [-0.4, -0.2) is 19.8 Å². The van der Waals surface area contributed by atoms with Gasteiger partial charge < -0.3 is 15.2 Å². The minimum atomic E-state index is 0.122. The molecule has 94 valence electrons. The van der Waals surface area contributed by atoms with Crippen LogP contribution in [0.3, 0.4) is 0 Å². The molecule has 1 aliphatic rings. The standard InChI is InChI=1S/C14H21NO2/c1-4-17-13-9-11(16-3)5-6-12(13)14(7-8-14)10(2)15/h5-6,9-10H,4,7-8,15H2,1-3H3. The van der Waals surface area contributed by atoms with E-state index in [2.05, 4.69) is 13.0 Å². The maximum Gasteiger partial charge on any atom is 0.126 e. The smallest absolute Gasteiger partial charge is 0.126 e. The average Bonchev–Trinajstić information content (AvgIpc) is 3.10. The fourth-order valence-corrected chi connectivity index (χ4v) is 2.42. The maximum absolute atomic E-state index is 6.11. The first-order valence-corrected chi connectivity index (χ1v) is 6.21. The van der Waals surface area contributed by atoms with Gasteiger partial charge in [0.05, 0.1) is 13.7 Å². The van der Waals surface area contributed by atoms with E-state index in [0.717, 1.165) is 24.3 Å². The molecule has 1 unspecified atom stereocenters. The summed E-state index contributed by atoms with van der Waals surface area (Å²) >= 11 is 0. The molecular formula is C14H21NO2. The lowest BCUT2D eigenvalue weighted by Crippen LogP contribution is -2.31. The van der Waals surface area contributed by atoms with Crippen molar-refractivity contribution in [3.63, 3.8) is 0 Å². The van der Waals surface area contributed by atoms with Crippen LogP contribution < -0.4 is 15.2 Å². The van der Waals surface area contributed by atoms with Gasteiger partial charge in [0.1, 0.15) is 11.5 Å². The quantitative estimate of drug-likeness (QED) is 0.852. The van der Waals surface area contributed by atoms with Crippen molar-refractivity contribution < 1.29 is 9.47 Å². The zero-order valence-electron chi connectivity index (χ0n) is 10.8. The molecule has 0 saturated heterocycles. The van der Waals surface area contributed by atoms with Gasteiger partial charge in [0.15, 0.2) is 0 Å². The molecule has 0 heterocycles. The van der Waals surface area contributed by atoms with Gasteiger partial charge in [-0.1, -0.05) is 6.07 Å². The van der Waals surface area contributed by atoms with Crippen molar-refractivity contribution in [1.82, 2.24) is 0 Å². The Hall–Kier alpha value is -1.22. The molecule has 1 aliphatic carbocycles. The van der Waals surface area contributed by atoms with Crippen LogP contribution in [0.2, 0.25) is 0 Å². The van der Waals surface area contributed by atoms with Crippen LogP contribution in [0.4, 0.5) is 0 Å². The summed E-state index contributed by atoms with van der Waals surface area (Å²) in [4.78, 5) is 0. The number of rotatable bonds is 5. The van der Waals surface area contributed by atoms with E-state index in [0.29, 0.717) is 6.61 Å². The second-order valence-electron chi connectivity index (χ2n) is 4.74. The molecule has 3 nitrogen and oxygen atoms in total. The summed E-state index contributed by atoms with van der Waals surface area (Å²) < 4.78 is 11.0. The van der Waals surface area contributed by atoms with E-state index in [1.165, 1.54) is 5.56 Å². The molecule has 1 aromatic carbocycles. The first-order chi connectivity index (χ1) is 8.14. The molecule has 0 radical (unpaired) electrons. The van der Waals surface area contributed by atoms with Crippen molar-refractivity contribution in [3.8, 4) is 11.5 Å². The lowest BCUT2D eigenvalue weighted by atomic mass is 9.88. The topological polar surface area (TPSA) is 44.5 Å². The molecule has 3 heteroatoms. The first-order valence-electron chi connectivity index (χ1n) is 6.21. The molecule has 17 heavy (non-hydrogen) atoms. The second-order valence-corrected chi connectivity index (χ2v) is 4.74. The summed E-state index contributed by atoms with van der Waals surface area (Å²) in [7, 11) is 1.67. The molecule has 1 aromatic rings. The van der Waals surface area contributed by atoms with E-state index in [1.54, 1.807) is 7.11 Å². The van der Waals surface area contributed by atoms with Crippen molar-refractivity contribution in [1.29, 1.82) is 0 Å². The Morgan fingerprint density at radius 3 is 2.59 bits per heavy atom. The third-order valence-electron chi connectivity index (χ3n) is 3.69. The fourth-order valence-electron chi connectivity index (χ4n) is 2.42. The minimum absolute atomic E-state index is 0.122. The van der Waals surface area contributed by atoms with E-state index >= 15 is 0 Å². The number of nitrogens with two attached hydrogens (primary N) is 1. The fraction of sp³-hybridized carbons (Fsp3) is 0.571. The highest BCUT2D eigenvalue weighted by Gasteiger charge is 2.49. The number of benzene rings is 1. The van der Waals surface area contributed by atoms with Crippen molar-refractivity contribution in [2.45, 2.75) is 38.1 Å². The van der Waals surface area contributed by atoms with E-state index < -0.39 is 0 Å². The van der Waals surface area contributed by atoms with Crippen LogP contribution in [0.5, 0.6) is 11.5 Å². The number of hydrogen-bond donors (Lipinski definition) is 1. The lowest BCUT2D eigenvalue weighted by molar-refractivity contribution is 0.327. The van der Waals surface area contributed by atoms with E-state index in [9.17, 15) is 0 Å². The summed E-state index contributed by atoms with van der Waals surface area (Å²) in [6.07, 6.45) is 2.30. The summed E-state index contributed by atoms with van der Waals surface area (Å²) in [5.41, 5.74) is 7.47. The number of hydrogen-bond acceptors (Lipinski definition) is 3. The Balaban J connectivity index is 2.39. The van der Waals surface area contributed by atoms with Gasteiger partial charge in [-0.2, -0.15) is 0 Å². The van der Waals surface area contributed by atoms with Crippen LogP contribution in [-0.2, 0) is 5.41 Å².